The van der Waals surface area contributed by atoms with Gasteiger partial charge >= 0.3 is 0 Å². The number of nitrogens with one attached hydrogen (secondary N) is 1. The Bertz CT molecular complexity index is 326. The van der Waals surface area contributed by atoms with Crippen LogP contribution in [-0.2, 0) is 0 Å². The summed E-state index contributed by atoms with van der Waals surface area (Å²) >= 11 is 5.20. The lowest BCUT2D eigenvalue weighted by Crippen LogP contribution is -2.29. The summed E-state index contributed by atoms with van der Waals surface area (Å²) in [4.78, 5) is 1.31. The highest BCUT2D eigenvalue weighted by Gasteiger charge is 2.11. The van der Waals surface area contributed by atoms with Gasteiger partial charge in [0.1, 0.15) is 0 Å². The summed E-state index contributed by atoms with van der Waals surface area (Å²) in [5.74, 6) is 2.74. The molecule has 2 atom stereocenters. The largest absolute Gasteiger partial charge is 0.296 e. The zero-order valence-electron chi connectivity index (χ0n) is 8.38. The highest BCUT2D eigenvalue weighted by molar-refractivity contribution is 9.11. The molecule has 1 aromatic rings. The SMILES string of the molecule is C#CC(CC)NC(C)c1ccc(Br)s1. The molecule has 0 aliphatic carbocycles. The van der Waals surface area contributed by atoms with Crippen molar-refractivity contribution in [2.45, 2.75) is 32.4 Å². The highest BCUT2D eigenvalue weighted by atomic mass is 79.9. The van der Waals surface area contributed by atoms with E-state index in [1.54, 1.807) is 11.3 Å². The van der Waals surface area contributed by atoms with Crippen LogP contribution in [0.15, 0.2) is 15.9 Å². The van der Waals surface area contributed by atoms with Crippen LogP contribution < -0.4 is 5.32 Å². The minimum Gasteiger partial charge on any atom is -0.296 e. The summed E-state index contributed by atoms with van der Waals surface area (Å²) in [5, 5.41) is 3.40. The fourth-order valence-electron chi connectivity index (χ4n) is 1.23. The van der Waals surface area contributed by atoms with Crippen molar-refractivity contribution in [2.24, 2.45) is 0 Å². The monoisotopic (exact) mass is 271 g/mol. The van der Waals surface area contributed by atoms with Crippen molar-refractivity contribution in [3.8, 4) is 12.3 Å². The molecular formula is C11H14BrNS. The van der Waals surface area contributed by atoms with Crippen molar-refractivity contribution >= 4 is 27.3 Å². The zero-order valence-corrected chi connectivity index (χ0v) is 10.8. The van der Waals surface area contributed by atoms with E-state index in [1.807, 2.05) is 0 Å². The van der Waals surface area contributed by atoms with E-state index in [-0.39, 0.29) is 6.04 Å². The van der Waals surface area contributed by atoms with Gasteiger partial charge in [-0.3, -0.25) is 5.32 Å². The molecule has 1 nitrogen and oxygen atoms in total. The zero-order chi connectivity index (χ0) is 10.6. The third kappa shape index (κ3) is 3.13. The summed E-state index contributed by atoms with van der Waals surface area (Å²) in [7, 11) is 0. The second-order valence-electron chi connectivity index (χ2n) is 3.16. The molecule has 1 rings (SSSR count). The molecule has 0 amide bonds. The van der Waals surface area contributed by atoms with Gasteiger partial charge in [0.25, 0.3) is 0 Å². The second kappa shape index (κ2) is 5.55. The Morgan fingerprint density at radius 1 is 1.64 bits per heavy atom. The first kappa shape index (κ1) is 11.8. The van der Waals surface area contributed by atoms with Crippen molar-refractivity contribution in [3.05, 3.63) is 20.8 Å². The Kier molecular flexibility index (Phi) is 4.67. The average Bonchev–Trinajstić information content (AvgIpc) is 2.61. The molecule has 14 heavy (non-hydrogen) atoms. The van der Waals surface area contributed by atoms with Crippen LogP contribution >= 0.6 is 27.3 Å². The number of thiophene rings is 1. The Labute approximate surface area is 98.0 Å². The van der Waals surface area contributed by atoms with Gasteiger partial charge in [-0.15, -0.1) is 17.8 Å². The van der Waals surface area contributed by atoms with Crippen LogP contribution in [0.4, 0.5) is 0 Å². The first-order chi connectivity index (χ1) is 6.67. The van der Waals surface area contributed by atoms with Crippen molar-refractivity contribution < 1.29 is 0 Å². The lowest BCUT2D eigenvalue weighted by molar-refractivity contribution is 0.518. The predicted octanol–water partition coefficient (Wildman–Crippen LogP) is 3.57. The summed E-state index contributed by atoms with van der Waals surface area (Å²) in [6, 6.07) is 4.68. The minimum atomic E-state index is 0.172. The van der Waals surface area contributed by atoms with Crippen LogP contribution in [0.25, 0.3) is 0 Å². The van der Waals surface area contributed by atoms with Gasteiger partial charge in [-0.1, -0.05) is 12.8 Å². The summed E-state index contributed by atoms with van der Waals surface area (Å²) in [5.41, 5.74) is 0. The Morgan fingerprint density at radius 2 is 2.36 bits per heavy atom. The summed E-state index contributed by atoms with van der Waals surface area (Å²) < 4.78 is 1.16. The molecule has 0 aromatic carbocycles. The fraction of sp³-hybridized carbons (Fsp3) is 0.455. The van der Waals surface area contributed by atoms with Gasteiger partial charge in [0.15, 0.2) is 0 Å². The number of hydrogen-bond acceptors (Lipinski definition) is 2. The van der Waals surface area contributed by atoms with Crippen molar-refractivity contribution in [2.75, 3.05) is 0 Å². The molecule has 0 aliphatic heterocycles. The van der Waals surface area contributed by atoms with Crippen LogP contribution in [-0.4, -0.2) is 6.04 Å². The lowest BCUT2D eigenvalue weighted by Gasteiger charge is -2.16. The molecular weight excluding hydrogens is 258 g/mol. The van der Waals surface area contributed by atoms with Crippen LogP contribution in [0, 0.1) is 12.3 Å². The number of hydrogen-bond donors (Lipinski definition) is 1. The van der Waals surface area contributed by atoms with Crippen LogP contribution in [0.1, 0.15) is 31.2 Å². The van der Waals surface area contributed by atoms with Crippen molar-refractivity contribution in [1.82, 2.24) is 5.32 Å². The second-order valence-corrected chi connectivity index (χ2v) is 5.65. The molecule has 1 aromatic heterocycles. The smallest absolute Gasteiger partial charge is 0.0701 e. The number of rotatable bonds is 4. The molecule has 0 aliphatic rings. The Morgan fingerprint density at radius 3 is 2.79 bits per heavy atom. The topological polar surface area (TPSA) is 12.0 Å². The molecule has 1 heterocycles. The normalized spacial score (nSPS) is 14.7. The quantitative estimate of drug-likeness (QED) is 0.826. The van der Waals surface area contributed by atoms with Crippen LogP contribution in [0.3, 0.4) is 0 Å². The van der Waals surface area contributed by atoms with E-state index in [0.717, 1.165) is 10.2 Å². The molecule has 0 bridgehead atoms. The van der Waals surface area contributed by atoms with E-state index in [4.69, 9.17) is 6.42 Å². The maximum atomic E-state index is 5.40. The van der Waals surface area contributed by atoms with Crippen molar-refractivity contribution in [3.63, 3.8) is 0 Å². The third-order valence-corrected chi connectivity index (χ3v) is 3.89. The lowest BCUT2D eigenvalue weighted by atomic mass is 10.2. The molecule has 0 saturated heterocycles. The van der Waals surface area contributed by atoms with Gasteiger partial charge in [-0.05, 0) is 41.4 Å². The van der Waals surface area contributed by atoms with E-state index in [9.17, 15) is 0 Å². The standard InChI is InChI=1S/C11H14BrNS/c1-4-9(5-2)13-8(3)10-6-7-11(12)14-10/h1,6-9,13H,5H2,2-3H3. The molecule has 0 radical (unpaired) electrons. The van der Waals surface area contributed by atoms with Crippen molar-refractivity contribution in [1.29, 1.82) is 0 Å². The van der Waals surface area contributed by atoms with E-state index < -0.39 is 0 Å². The Balaban J connectivity index is 2.58. The van der Waals surface area contributed by atoms with Gasteiger partial charge in [0, 0.05) is 10.9 Å². The average molecular weight is 272 g/mol. The molecule has 0 saturated carbocycles. The van der Waals surface area contributed by atoms with E-state index in [1.165, 1.54) is 4.88 Å². The first-order valence-corrected chi connectivity index (χ1v) is 6.25. The van der Waals surface area contributed by atoms with E-state index >= 15 is 0 Å². The molecule has 76 valence electrons. The van der Waals surface area contributed by atoms with E-state index in [0.29, 0.717) is 6.04 Å². The van der Waals surface area contributed by atoms with Gasteiger partial charge in [0.05, 0.1) is 9.83 Å². The van der Waals surface area contributed by atoms with Gasteiger partial charge in [-0.2, -0.15) is 0 Å². The van der Waals surface area contributed by atoms with Crippen LogP contribution in [0.2, 0.25) is 0 Å². The maximum Gasteiger partial charge on any atom is 0.0701 e. The molecule has 1 N–H and O–H groups in total. The highest BCUT2D eigenvalue weighted by Crippen LogP contribution is 2.27. The van der Waals surface area contributed by atoms with Gasteiger partial charge in [-0.25, -0.2) is 0 Å². The first-order valence-electron chi connectivity index (χ1n) is 4.64. The van der Waals surface area contributed by atoms with E-state index in [2.05, 4.69) is 53.1 Å². The maximum absolute atomic E-state index is 5.40. The molecule has 0 fully saturated rings. The summed E-state index contributed by atoms with van der Waals surface area (Å²) in [6.07, 6.45) is 6.36. The van der Waals surface area contributed by atoms with Gasteiger partial charge in [0.2, 0.25) is 0 Å². The summed E-state index contributed by atoms with van der Waals surface area (Å²) in [6.45, 7) is 4.23. The third-order valence-electron chi connectivity index (χ3n) is 2.08. The molecule has 0 spiro atoms. The Hall–Kier alpha value is -0.300. The molecule has 3 heteroatoms. The fourth-order valence-corrected chi connectivity index (χ4v) is 2.66. The number of halogens is 1. The minimum absolute atomic E-state index is 0.172. The predicted molar refractivity (Wildman–Crippen MR) is 66.5 cm³/mol. The molecule has 2 unspecified atom stereocenters. The number of terminal acetylenes is 1. The van der Waals surface area contributed by atoms with Crippen LogP contribution in [0.5, 0.6) is 0 Å². The van der Waals surface area contributed by atoms with Gasteiger partial charge < -0.3 is 0 Å².